The molecule has 2 heterocycles. The van der Waals surface area contributed by atoms with Crippen molar-refractivity contribution >= 4 is 28.4 Å². The van der Waals surface area contributed by atoms with Crippen molar-refractivity contribution in [2.75, 3.05) is 11.9 Å². The van der Waals surface area contributed by atoms with Crippen LogP contribution in [0.4, 0.5) is 5.82 Å². The van der Waals surface area contributed by atoms with E-state index in [-0.39, 0.29) is 0 Å². The Hall–Kier alpha value is -1.55. The van der Waals surface area contributed by atoms with Gasteiger partial charge in [-0.2, -0.15) is 5.10 Å². The average Bonchev–Trinajstić information content (AvgIpc) is 2.62. The summed E-state index contributed by atoms with van der Waals surface area (Å²) in [5.74, 6) is 0.578. The van der Waals surface area contributed by atoms with E-state index in [4.69, 9.17) is 16.0 Å². The zero-order valence-corrected chi connectivity index (χ0v) is 8.08. The third-order valence-corrected chi connectivity index (χ3v) is 1.85. The molecule has 14 heavy (non-hydrogen) atoms. The molecule has 0 atom stereocenters. The first-order chi connectivity index (χ1) is 6.77. The van der Waals surface area contributed by atoms with Gasteiger partial charge in [-0.1, -0.05) is 18.2 Å². The SMILES string of the molecule is C=C(Cl)CNc1nncc2ccoc12. The fourth-order valence-corrected chi connectivity index (χ4v) is 1.17. The Morgan fingerprint density at radius 3 is 3.29 bits per heavy atom. The van der Waals surface area contributed by atoms with E-state index >= 15 is 0 Å². The van der Waals surface area contributed by atoms with Crippen LogP contribution in [-0.4, -0.2) is 16.7 Å². The molecule has 0 radical (unpaired) electrons. The number of rotatable bonds is 3. The zero-order valence-electron chi connectivity index (χ0n) is 7.33. The van der Waals surface area contributed by atoms with Crippen molar-refractivity contribution in [3.05, 3.63) is 30.1 Å². The van der Waals surface area contributed by atoms with Gasteiger partial charge in [-0.05, 0) is 6.07 Å². The number of hydrogen-bond donors (Lipinski definition) is 1. The normalized spacial score (nSPS) is 10.4. The van der Waals surface area contributed by atoms with Crippen molar-refractivity contribution in [1.29, 1.82) is 0 Å². The second-order valence-corrected chi connectivity index (χ2v) is 3.30. The number of furan rings is 1. The molecule has 0 spiro atoms. The van der Waals surface area contributed by atoms with E-state index < -0.39 is 0 Å². The number of fused-ring (bicyclic) bond motifs is 1. The molecule has 0 aliphatic rings. The first kappa shape index (κ1) is 9.02. The summed E-state index contributed by atoms with van der Waals surface area (Å²) in [4.78, 5) is 0. The maximum absolute atomic E-state index is 5.62. The maximum atomic E-state index is 5.62. The van der Waals surface area contributed by atoms with Gasteiger partial charge in [0, 0.05) is 10.4 Å². The monoisotopic (exact) mass is 209 g/mol. The lowest BCUT2D eigenvalue weighted by molar-refractivity contribution is 0.614. The third kappa shape index (κ3) is 1.70. The number of anilines is 1. The van der Waals surface area contributed by atoms with Crippen LogP contribution in [0.1, 0.15) is 0 Å². The smallest absolute Gasteiger partial charge is 0.192 e. The molecule has 0 unspecified atom stereocenters. The van der Waals surface area contributed by atoms with Gasteiger partial charge < -0.3 is 9.73 Å². The van der Waals surface area contributed by atoms with Crippen LogP contribution in [0.5, 0.6) is 0 Å². The average molecular weight is 210 g/mol. The summed E-state index contributed by atoms with van der Waals surface area (Å²) in [6, 6.07) is 1.82. The van der Waals surface area contributed by atoms with Gasteiger partial charge in [0.15, 0.2) is 11.4 Å². The largest absolute Gasteiger partial charge is 0.460 e. The van der Waals surface area contributed by atoms with E-state index in [9.17, 15) is 0 Å². The summed E-state index contributed by atoms with van der Waals surface area (Å²) < 4.78 is 5.24. The third-order valence-electron chi connectivity index (χ3n) is 1.71. The highest BCUT2D eigenvalue weighted by Gasteiger charge is 2.05. The van der Waals surface area contributed by atoms with Crippen LogP contribution in [0.2, 0.25) is 0 Å². The van der Waals surface area contributed by atoms with Crippen molar-refractivity contribution in [2.45, 2.75) is 0 Å². The second kappa shape index (κ2) is 3.67. The lowest BCUT2D eigenvalue weighted by atomic mass is 10.3. The van der Waals surface area contributed by atoms with Crippen LogP contribution in [0.3, 0.4) is 0 Å². The minimum Gasteiger partial charge on any atom is -0.460 e. The molecule has 0 aromatic carbocycles. The molecule has 0 saturated carbocycles. The molecule has 0 fully saturated rings. The molecule has 0 aliphatic carbocycles. The molecular weight excluding hydrogens is 202 g/mol. The number of aromatic nitrogens is 2. The molecule has 2 aromatic rings. The molecule has 0 saturated heterocycles. The van der Waals surface area contributed by atoms with Gasteiger partial charge in [-0.25, -0.2) is 0 Å². The number of nitrogens with one attached hydrogen (secondary N) is 1. The van der Waals surface area contributed by atoms with Crippen LogP contribution in [0, 0.1) is 0 Å². The van der Waals surface area contributed by atoms with Crippen LogP contribution in [0.25, 0.3) is 11.0 Å². The van der Waals surface area contributed by atoms with Crippen molar-refractivity contribution in [3.63, 3.8) is 0 Å². The van der Waals surface area contributed by atoms with Gasteiger partial charge in [0.05, 0.1) is 19.0 Å². The van der Waals surface area contributed by atoms with E-state index in [1.807, 2.05) is 6.07 Å². The lowest BCUT2D eigenvalue weighted by Crippen LogP contribution is -2.03. The second-order valence-electron chi connectivity index (χ2n) is 2.77. The number of halogens is 1. The van der Waals surface area contributed by atoms with Gasteiger partial charge in [0.25, 0.3) is 0 Å². The Balaban J connectivity index is 2.32. The Labute approximate surface area is 85.6 Å². The van der Waals surface area contributed by atoms with Crippen LogP contribution < -0.4 is 5.32 Å². The maximum Gasteiger partial charge on any atom is 0.192 e. The van der Waals surface area contributed by atoms with Gasteiger partial charge in [-0.3, -0.25) is 0 Å². The fraction of sp³-hybridized carbons (Fsp3) is 0.111. The van der Waals surface area contributed by atoms with Crippen LogP contribution >= 0.6 is 11.6 Å². The van der Waals surface area contributed by atoms with Gasteiger partial charge >= 0.3 is 0 Å². The minimum atomic E-state index is 0.441. The minimum absolute atomic E-state index is 0.441. The van der Waals surface area contributed by atoms with Crippen LogP contribution in [0.15, 0.2) is 34.6 Å². The first-order valence-corrected chi connectivity index (χ1v) is 4.41. The lowest BCUT2D eigenvalue weighted by Gasteiger charge is -2.02. The Bertz CT molecular complexity index is 466. The van der Waals surface area contributed by atoms with Crippen molar-refractivity contribution in [2.24, 2.45) is 0 Å². The van der Waals surface area contributed by atoms with Crippen molar-refractivity contribution in [3.8, 4) is 0 Å². The Morgan fingerprint density at radius 1 is 1.64 bits per heavy atom. The summed E-state index contributed by atoms with van der Waals surface area (Å²) >= 11 is 5.62. The van der Waals surface area contributed by atoms with E-state index in [0.29, 0.717) is 23.0 Å². The molecule has 0 aliphatic heterocycles. The molecule has 4 nitrogen and oxygen atoms in total. The standard InChI is InChI=1S/C9H8ClN3O/c1-6(10)4-11-9-8-7(2-3-14-8)5-12-13-9/h2-3,5H,1,4H2,(H,11,13). The Morgan fingerprint density at radius 2 is 2.50 bits per heavy atom. The van der Waals surface area contributed by atoms with Gasteiger partial charge in [0.2, 0.25) is 0 Å². The van der Waals surface area contributed by atoms with Crippen molar-refractivity contribution < 1.29 is 4.42 Å². The molecule has 72 valence electrons. The van der Waals surface area contributed by atoms with E-state index in [1.54, 1.807) is 12.5 Å². The summed E-state index contributed by atoms with van der Waals surface area (Å²) in [5, 5.41) is 12.1. The zero-order chi connectivity index (χ0) is 9.97. The molecule has 5 heteroatoms. The van der Waals surface area contributed by atoms with Crippen LogP contribution in [-0.2, 0) is 0 Å². The molecule has 1 N–H and O–H groups in total. The highest BCUT2D eigenvalue weighted by molar-refractivity contribution is 6.29. The molecule has 0 bridgehead atoms. The Kier molecular flexibility index (Phi) is 2.37. The summed E-state index contributed by atoms with van der Waals surface area (Å²) in [5.41, 5.74) is 0.679. The molecular formula is C9H8ClN3O. The summed E-state index contributed by atoms with van der Waals surface area (Å²) in [7, 11) is 0. The quantitative estimate of drug-likeness (QED) is 0.844. The van der Waals surface area contributed by atoms with E-state index in [0.717, 1.165) is 5.39 Å². The topological polar surface area (TPSA) is 51.0 Å². The predicted molar refractivity (Wildman–Crippen MR) is 55.3 cm³/mol. The molecule has 2 aromatic heterocycles. The number of nitrogens with zero attached hydrogens (tertiary/aromatic N) is 2. The highest BCUT2D eigenvalue weighted by Crippen LogP contribution is 2.20. The first-order valence-electron chi connectivity index (χ1n) is 4.03. The molecule has 0 amide bonds. The molecule has 2 rings (SSSR count). The van der Waals surface area contributed by atoms with E-state index in [1.165, 1.54) is 0 Å². The van der Waals surface area contributed by atoms with Crippen molar-refractivity contribution in [1.82, 2.24) is 10.2 Å². The predicted octanol–water partition coefficient (Wildman–Crippen LogP) is 2.39. The van der Waals surface area contributed by atoms with Gasteiger partial charge in [0.1, 0.15) is 0 Å². The van der Waals surface area contributed by atoms with Gasteiger partial charge in [-0.15, -0.1) is 5.10 Å². The number of hydrogen-bond acceptors (Lipinski definition) is 4. The fourth-order valence-electron chi connectivity index (χ4n) is 1.10. The van der Waals surface area contributed by atoms with E-state index in [2.05, 4.69) is 22.1 Å². The summed E-state index contributed by atoms with van der Waals surface area (Å²) in [6.45, 7) is 4.00. The summed E-state index contributed by atoms with van der Waals surface area (Å²) in [6.07, 6.45) is 3.23. The highest BCUT2D eigenvalue weighted by atomic mass is 35.5.